The van der Waals surface area contributed by atoms with Crippen molar-refractivity contribution >= 4 is 5.91 Å². The monoisotopic (exact) mass is 167 g/mol. The fourth-order valence-corrected chi connectivity index (χ4v) is 3.20. The summed E-state index contributed by atoms with van der Waals surface area (Å²) in [6.07, 6.45) is 7.37. The summed E-state index contributed by atoms with van der Waals surface area (Å²) in [6.45, 7) is 0. The molecular weight excluding hydrogens is 150 g/mol. The average Bonchev–Trinajstić information content (AvgIpc) is 2.52. The molecule has 2 N–H and O–H groups in total. The molecule has 3 unspecified atom stereocenters. The van der Waals surface area contributed by atoms with Crippen molar-refractivity contribution in [2.75, 3.05) is 0 Å². The van der Waals surface area contributed by atoms with Gasteiger partial charge >= 0.3 is 0 Å². The number of fused-ring (bicyclic) bond motifs is 1. The van der Waals surface area contributed by atoms with Crippen molar-refractivity contribution in [3.63, 3.8) is 0 Å². The third-order valence-electron chi connectivity index (χ3n) is 3.69. The predicted octanol–water partition coefficient (Wildman–Crippen LogP) is 1.69. The number of primary amides is 1. The van der Waals surface area contributed by atoms with Gasteiger partial charge in [-0.3, -0.25) is 4.79 Å². The molecule has 0 aliphatic heterocycles. The number of hydrogen-bond acceptors (Lipinski definition) is 1. The largest absolute Gasteiger partial charge is 0.370 e. The van der Waals surface area contributed by atoms with Crippen LogP contribution in [0.3, 0.4) is 0 Å². The van der Waals surface area contributed by atoms with Gasteiger partial charge in [0.25, 0.3) is 0 Å². The standard InChI is InChI=1S/C10H17NO/c11-10(12)6-8-5-4-7-2-1-3-9(7)8/h7-9H,1-6H2,(H2,11,12). The van der Waals surface area contributed by atoms with E-state index in [1.165, 1.54) is 32.1 Å². The Kier molecular flexibility index (Phi) is 2.07. The maximum absolute atomic E-state index is 10.8. The second-order valence-electron chi connectivity index (χ2n) is 4.36. The van der Waals surface area contributed by atoms with E-state index in [2.05, 4.69) is 0 Å². The maximum atomic E-state index is 10.8. The molecule has 68 valence electrons. The molecule has 0 aromatic heterocycles. The van der Waals surface area contributed by atoms with Gasteiger partial charge in [-0.2, -0.15) is 0 Å². The lowest BCUT2D eigenvalue weighted by Gasteiger charge is -2.16. The highest BCUT2D eigenvalue weighted by Crippen LogP contribution is 2.48. The molecular formula is C10H17NO. The lowest BCUT2D eigenvalue weighted by Crippen LogP contribution is -2.19. The highest BCUT2D eigenvalue weighted by molar-refractivity contribution is 5.74. The number of carbonyl (C=O) groups excluding carboxylic acids is 1. The van der Waals surface area contributed by atoms with Crippen LogP contribution in [0.2, 0.25) is 0 Å². The van der Waals surface area contributed by atoms with Crippen LogP contribution in [0, 0.1) is 17.8 Å². The van der Waals surface area contributed by atoms with Crippen molar-refractivity contribution in [2.24, 2.45) is 23.5 Å². The minimum absolute atomic E-state index is 0.104. The molecule has 0 aromatic rings. The molecule has 0 saturated heterocycles. The van der Waals surface area contributed by atoms with Crippen LogP contribution >= 0.6 is 0 Å². The number of hydrogen-bond donors (Lipinski definition) is 1. The van der Waals surface area contributed by atoms with Crippen LogP contribution in [0.15, 0.2) is 0 Å². The van der Waals surface area contributed by atoms with Crippen molar-refractivity contribution in [1.82, 2.24) is 0 Å². The van der Waals surface area contributed by atoms with Gasteiger partial charge in [0.15, 0.2) is 0 Å². The molecule has 0 aromatic carbocycles. The van der Waals surface area contributed by atoms with E-state index in [9.17, 15) is 4.79 Å². The van der Waals surface area contributed by atoms with E-state index in [-0.39, 0.29) is 5.91 Å². The normalized spacial score (nSPS) is 39.8. The summed E-state index contributed by atoms with van der Waals surface area (Å²) in [4.78, 5) is 10.8. The number of rotatable bonds is 2. The fourth-order valence-electron chi connectivity index (χ4n) is 3.20. The van der Waals surface area contributed by atoms with E-state index < -0.39 is 0 Å². The Bertz CT molecular complexity index is 190. The van der Waals surface area contributed by atoms with E-state index in [4.69, 9.17) is 5.73 Å². The van der Waals surface area contributed by atoms with Crippen LogP contribution < -0.4 is 5.73 Å². The van der Waals surface area contributed by atoms with Crippen molar-refractivity contribution in [3.8, 4) is 0 Å². The molecule has 2 aliphatic carbocycles. The van der Waals surface area contributed by atoms with Gasteiger partial charge in [-0.1, -0.05) is 12.8 Å². The first-order chi connectivity index (χ1) is 5.77. The van der Waals surface area contributed by atoms with Crippen molar-refractivity contribution in [1.29, 1.82) is 0 Å². The molecule has 2 rings (SSSR count). The highest BCUT2D eigenvalue weighted by Gasteiger charge is 2.39. The molecule has 1 amide bonds. The van der Waals surface area contributed by atoms with Crippen molar-refractivity contribution in [3.05, 3.63) is 0 Å². The smallest absolute Gasteiger partial charge is 0.217 e. The van der Waals surface area contributed by atoms with Crippen LogP contribution in [0.4, 0.5) is 0 Å². The van der Waals surface area contributed by atoms with Crippen LogP contribution in [0.1, 0.15) is 38.5 Å². The molecule has 2 saturated carbocycles. The average molecular weight is 167 g/mol. The van der Waals surface area contributed by atoms with Gasteiger partial charge in [-0.15, -0.1) is 0 Å². The third-order valence-corrected chi connectivity index (χ3v) is 3.69. The highest BCUT2D eigenvalue weighted by atomic mass is 16.1. The third kappa shape index (κ3) is 1.35. The minimum atomic E-state index is -0.104. The molecule has 0 spiro atoms. The summed E-state index contributed by atoms with van der Waals surface area (Å²) in [5.41, 5.74) is 5.22. The number of amides is 1. The molecule has 2 heteroatoms. The first-order valence-electron chi connectivity index (χ1n) is 5.05. The lowest BCUT2D eigenvalue weighted by atomic mass is 9.89. The van der Waals surface area contributed by atoms with Gasteiger partial charge in [-0.05, 0) is 37.0 Å². The van der Waals surface area contributed by atoms with Gasteiger partial charge in [0.1, 0.15) is 0 Å². The number of carbonyl (C=O) groups is 1. The fraction of sp³-hybridized carbons (Fsp3) is 0.900. The van der Waals surface area contributed by atoms with Gasteiger partial charge < -0.3 is 5.73 Å². The van der Waals surface area contributed by atoms with Gasteiger partial charge in [0.2, 0.25) is 5.91 Å². The Morgan fingerprint density at radius 3 is 2.83 bits per heavy atom. The zero-order valence-corrected chi connectivity index (χ0v) is 7.46. The molecule has 12 heavy (non-hydrogen) atoms. The molecule has 2 aliphatic rings. The van der Waals surface area contributed by atoms with Crippen LogP contribution in [-0.4, -0.2) is 5.91 Å². The van der Waals surface area contributed by atoms with E-state index in [1.807, 2.05) is 0 Å². The van der Waals surface area contributed by atoms with E-state index in [1.54, 1.807) is 0 Å². The Balaban J connectivity index is 1.95. The van der Waals surface area contributed by atoms with Crippen LogP contribution in [0.25, 0.3) is 0 Å². The zero-order chi connectivity index (χ0) is 8.55. The topological polar surface area (TPSA) is 43.1 Å². The first-order valence-corrected chi connectivity index (χ1v) is 5.05. The summed E-state index contributed by atoms with van der Waals surface area (Å²) in [5, 5.41) is 0. The summed E-state index contributed by atoms with van der Waals surface area (Å²) in [6, 6.07) is 0. The van der Waals surface area contributed by atoms with E-state index >= 15 is 0 Å². The summed E-state index contributed by atoms with van der Waals surface area (Å²) in [5.74, 6) is 2.31. The molecule has 0 bridgehead atoms. The lowest BCUT2D eigenvalue weighted by molar-refractivity contribution is -0.119. The second kappa shape index (κ2) is 3.08. The first kappa shape index (κ1) is 8.09. The van der Waals surface area contributed by atoms with Crippen LogP contribution in [-0.2, 0) is 4.79 Å². The molecule has 3 atom stereocenters. The summed E-state index contributed by atoms with van der Waals surface area (Å²) < 4.78 is 0. The quantitative estimate of drug-likeness (QED) is 0.668. The predicted molar refractivity (Wildman–Crippen MR) is 47.4 cm³/mol. The molecule has 2 nitrogen and oxygen atoms in total. The SMILES string of the molecule is NC(=O)CC1CCC2CCCC21. The number of nitrogens with two attached hydrogens (primary N) is 1. The van der Waals surface area contributed by atoms with Gasteiger partial charge in [0.05, 0.1) is 0 Å². The summed E-state index contributed by atoms with van der Waals surface area (Å²) in [7, 11) is 0. The Morgan fingerprint density at radius 1 is 1.25 bits per heavy atom. The van der Waals surface area contributed by atoms with Crippen LogP contribution in [0.5, 0.6) is 0 Å². The van der Waals surface area contributed by atoms with E-state index in [0.29, 0.717) is 12.3 Å². The Labute approximate surface area is 73.5 Å². The van der Waals surface area contributed by atoms with Crippen molar-refractivity contribution < 1.29 is 4.79 Å². The molecule has 0 radical (unpaired) electrons. The van der Waals surface area contributed by atoms with Gasteiger partial charge in [-0.25, -0.2) is 0 Å². The molecule has 0 heterocycles. The van der Waals surface area contributed by atoms with Crippen molar-refractivity contribution in [2.45, 2.75) is 38.5 Å². The zero-order valence-electron chi connectivity index (χ0n) is 7.46. The minimum Gasteiger partial charge on any atom is -0.370 e. The Morgan fingerprint density at radius 2 is 2.08 bits per heavy atom. The Hall–Kier alpha value is -0.530. The maximum Gasteiger partial charge on any atom is 0.217 e. The second-order valence-corrected chi connectivity index (χ2v) is 4.36. The van der Waals surface area contributed by atoms with E-state index in [0.717, 1.165) is 11.8 Å². The molecule has 2 fully saturated rings. The summed E-state index contributed by atoms with van der Waals surface area (Å²) >= 11 is 0. The van der Waals surface area contributed by atoms with Gasteiger partial charge in [0, 0.05) is 6.42 Å².